The van der Waals surface area contributed by atoms with Crippen LogP contribution < -0.4 is 5.32 Å². The minimum absolute atomic E-state index is 0.149. The summed E-state index contributed by atoms with van der Waals surface area (Å²) in [6.07, 6.45) is 1.70. The summed E-state index contributed by atoms with van der Waals surface area (Å²) in [4.78, 5) is 12.1. The number of rotatable bonds is 1. The number of amides is 1. The van der Waals surface area contributed by atoms with Gasteiger partial charge in [-0.25, -0.2) is 0 Å². The molecule has 0 fully saturated rings. The van der Waals surface area contributed by atoms with Gasteiger partial charge in [0.2, 0.25) is 0 Å². The van der Waals surface area contributed by atoms with Crippen LogP contribution in [0.15, 0.2) is 30.3 Å². The number of fused-ring (bicyclic) bond motifs is 1. The van der Waals surface area contributed by atoms with Gasteiger partial charge in [-0.15, -0.1) is 0 Å². The average molecular weight is 432 g/mol. The van der Waals surface area contributed by atoms with Gasteiger partial charge in [0.25, 0.3) is 5.91 Å². The lowest BCUT2D eigenvalue weighted by atomic mass is 10.0. The van der Waals surface area contributed by atoms with Crippen LogP contribution in [0.2, 0.25) is 10.0 Å². The van der Waals surface area contributed by atoms with Crippen molar-refractivity contribution in [3.05, 3.63) is 55.1 Å². The second-order valence-electron chi connectivity index (χ2n) is 4.54. The maximum Gasteiger partial charge on any atom is 0.256 e. The standard InChI is InChI=1S/C15H8Cl2INO2/c16-11-4-7(5-12(17)14(11)20)3-10-9-6-8(18)1-2-13(9)19-15(10)21/h1-6,20H,(H,19,21)/b10-3-. The van der Waals surface area contributed by atoms with Crippen molar-refractivity contribution in [3.8, 4) is 5.75 Å². The number of anilines is 1. The summed E-state index contributed by atoms with van der Waals surface area (Å²) in [5.74, 6) is -0.335. The molecule has 106 valence electrons. The molecule has 0 radical (unpaired) electrons. The van der Waals surface area contributed by atoms with Crippen molar-refractivity contribution in [2.24, 2.45) is 0 Å². The Morgan fingerprint density at radius 3 is 2.48 bits per heavy atom. The van der Waals surface area contributed by atoms with E-state index in [9.17, 15) is 9.90 Å². The highest BCUT2D eigenvalue weighted by Crippen LogP contribution is 2.37. The van der Waals surface area contributed by atoms with E-state index >= 15 is 0 Å². The molecular weight excluding hydrogens is 424 g/mol. The Morgan fingerprint density at radius 1 is 1.14 bits per heavy atom. The van der Waals surface area contributed by atoms with E-state index in [4.69, 9.17) is 23.2 Å². The Hall–Kier alpha value is -1.24. The van der Waals surface area contributed by atoms with E-state index in [0.29, 0.717) is 11.1 Å². The van der Waals surface area contributed by atoms with E-state index in [2.05, 4.69) is 27.9 Å². The molecule has 2 aromatic rings. The first kappa shape index (κ1) is 14.7. The first-order valence-electron chi connectivity index (χ1n) is 5.96. The number of carbonyl (C=O) groups is 1. The van der Waals surface area contributed by atoms with Crippen molar-refractivity contribution in [1.29, 1.82) is 0 Å². The molecule has 0 atom stereocenters. The Bertz CT molecular complexity index is 779. The molecule has 1 aliphatic rings. The zero-order valence-corrected chi connectivity index (χ0v) is 14.1. The second kappa shape index (κ2) is 5.51. The van der Waals surface area contributed by atoms with Gasteiger partial charge >= 0.3 is 0 Å². The molecule has 0 spiro atoms. The zero-order chi connectivity index (χ0) is 15.1. The van der Waals surface area contributed by atoms with Crippen LogP contribution in [0.4, 0.5) is 5.69 Å². The molecule has 2 N–H and O–H groups in total. The molecule has 0 unspecified atom stereocenters. The largest absolute Gasteiger partial charge is 0.505 e. The Kier molecular flexibility index (Phi) is 3.86. The number of aromatic hydroxyl groups is 1. The smallest absolute Gasteiger partial charge is 0.256 e. The number of hydrogen-bond donors (Lipinski definition) is 2. The van der Waals surface area contributed by atoms with Gasteiger partial charge in [-0.1, -0.05) is 23.2 Å². The minimum Gasteiger partial charge on any atom is -0.505 e. The Morgan fingerprint density at radius 2 is 1.81 bits per heavy atom. The molecule has 0 aliphatic carbocycles. The fourth-order valence-corrected chi connectivity index (χ4v) is 3.13. The molecular formula is C15H8Cl2INO2. The summed E-state index contributed by atoms with van der Waals surface area (Å²) in [6.45, 7) is 0. The third-order valence-corrected chi connectivity index (χ3v) is 4.36. The van der Waals surface area contributed by atoms with Gasteiger partial charge in [0, 0.05) is 20.4 Å². The number of phenolic OH excluding ortho intramolecular Hbond substituents is 1. The molecule has 0 aromatic heterocycles. The summed E-state index contributed by atoms with van der Waals surface area (Å²) in [7, 11) is 0. The molecule has 0 saturated carbocycles. The third-order valence-electron chi connectivity index (χ3n) is 3.11. The maximum absolute atomic E-state index is 12.1. The molecule has 3 rings (SSSR count). The predicted octanol–water partition coefficient (Wildman–Crippen LogP) is 4.80. The van der Waals surface area contributed by atoms with Gasteiger partial charge in [0.05, 0.1) is 10.0 Å². The number of carbonyl (C=O) groups excluding carboxylic acids is 1. The van der Waals surface area contributed by atoms with Crippen LogP contribution in [-0.4, -0.2) is 11.0 Å². The van der Waals surface area contributed by atoms with Gasteiger partial charge < -0.3 is 10.4 Å². The molecule has 2 aromatic carbocycles. The predicted molar refractivity (Wildman–Crippen MR) is 93.8 cm³/mol. The van der Waals surface area contributed by atoms with Crippen molar-refractivity contribution < 1.29 is 9.90 Å². The lowest BCUT2D eigenvalue weighted by molar-refractivity contribution is -0.110. The number of hydrogen-bond acceptors (Lipinski definition) is 2. The molecule has 1 aliphatic heterocycles. The highest BCUT2D eigenvalue weighted by atomic mass is 127. The molecule has 21 heavy (non-hydrogen) atoms. The fourth-order valence-electron chi connectivity index (χ4n) is 2.14. The SMILES string of the molecule is O=C1Nc2ccc(I)cc2/C1=C/c1cc(Cl)c(O)c(Cl)c1. The van der Waals surface area contributed by atoms with Crippen molar-refractivity contribution in [3.63, 3.8) is 0 Å². The van der Waals surface area contributed by atoms with E-state index in [0.717, 1.165) is 14.8 Å². The summed E-state index contributed by atoms with van der Waals surface area (Å²) in [5, 5.41) is 12.7. The minimum atomic E-state index is -0.174. The topological polar surface area (TPSA) is 49.3 Å². The lowest BCUT2D eigenvalue weighted by Crippen LogP contribution is -2.03. The average Bonchev–Trinajstić information content (AvgIpc) is 2.72. The van der Waals surface area contributed by atoms with E-state index in [1.165, 1.54) is 0 Å². The Labute approximate surface area is 144 Å². The first-order chi connectivity index (χ1) is 9.95. The number of benzene rings is 2. The van der Waals surface area contributed by atoms with Gasteiger partial charge in [-0.05, 0) is 64.6 Å². The number of nitrogens with one attached hydrogen (secondary N) is 1. The summed E-state index contributed by atoms with van der Waals surface area (Å²) in [5.41, 5.74) is 2.82. The fraction of sp³-hybridized carbons (Fsp3) is 0. The molecule has 6 heteroatoms. The van der Waals surface area contributed by atoms with Crippen LogP contribution in [0.25, 0.3) is 11.6 Å². The quantitative estimate of drug-likeness (QED) is 0.503. The van der Waals surface area contributed by atoms with Gasteiger partial charge in [0.15, 0.2) is 5.75 Å². The zero-order valence-electron chi connectivity index (χ0n) is 10.5. The first-order valence-corrected chi connectivity index (χ1v) is 7.80. The van der Waals surface area contributed by atoms with Crippen LogP contribution in [0.5, 0.6) is 5.75 Å². The van der Waals surface area contributed by atoms with Crippen molar-refractivity contribution in [1.82, 2.24) is 0 Å². The van der Waals surface area contributed by atoms with Crippen molar-refractivity contribution in [2.75, 3.05) is 5.32 Å². The number of halogens is 3. The van der Waals surface area contributed by atoms with E-state index in [1.807, 2.05) is 18.2 Å². The summed E-state index contributed by atoms with van der Waals surface area (Å²) in [6, 6.07) is 8.86. The highest BCUT2D eigenvalue weighted by Gasteiger charge is 2.24. The third kappa shape index (κ3) is 2.75. The molecule has 1 amide bonds. The van der Waals surface area contributed by atoms with Gasteiger partial charge in [-0.3, -0.25) is 4.79 Å². The van der Waals surface area contributed by atoms with E-state index in [1.54, 1.807) is 18.2 Å². The molecule has 3 nitrogen and oxygen atoms in total. The molecule has 0 bridgehead atoms. The van der Waals surface area contributed by atoms with E-state index in [-0.39, 0.29) is 21.7 Å². The highest BCUT2D eigenvalue weighted by molar-refractivity contribution is 14.1. The van der Waals surface area contributed by atoms with Crippen LogP contribution in [0, 0.1) is 3.57 Å². The van der Waals surface area contributed by atoms with E-state index < -0.39 is 0 Å². The summed E-state index contributed by atoms with van der Waals surface area (Å²) < 4.78 is 1.04. The van der Waals surface area contributed by atoms with Crippen LogP contribution in [-0.2, 0) is 4.79 Å². The van der Waals surface area contributed by atoms with Crippen LogP contribution in [0.1, 0.15) is 11.1 Å². The van der Waals surface area contributed by atoms with Crippen LogP contribution in [0.3, 0.4) is 0 Å². The monoisotopic (exact) mass is 431 g/mol. The second-order valence-corrected chi connectivity index (χ2v) is 6.60. The maximum atomic E-state index is 12.1. The van der Waals surface area contributed by atoms with Gasteiger partial charge in [0.1, 0.15) is 0 Å². The lowest BCUT2D eigenvalue weighted by Gasteiger charge is -2.03. The summed E-state index contributed by atoms with van der Waals surface area (Å²) >= 11 is 14.0. The van der Waals surface area contributed by atoms with Crippen molar-refractivity contribution >= 4 is 69.0 Å². The van der Waals surface area contributed by atoms with Crippen molar-refractivity contribution in [2.45, 2.75) is 0 Å². The molecule has 0 saturated heterocycles. The van der Waals surface area contributed by atoms with Crippen LogP contribution >= 0.6 is 45.8 Å². The normalized spacial score (nSPS) is 15.2. The Balaban J connectivity index is 2.13. The van der Waals surface area contributed by atoms with Gasteiger partial charge in [-0.2, -0.15) is 0 Å². The molecule has 1 heterocycles. The number of phenols is 1.